The molecule has 1 N–H and O–H groups in total. The van der Waals surface area contributed by atoms with E-state index < -0.39 is 17.8 Å². The summed E-state index contributed by atoms with van der Waals surface area (Å²) in [5.74, 6) is -0.942. The summed E-state index contributed by atoms with van der Waals surface area (Å²) in [5.41, 5.74) is 2.94. The Morgan fingerprint density at radius 3 is 2.76 bits per heavy atom. The van der Waals surface area contributed by atoms with Crippen LogP contribution in [-0.2, 0) is 9.53 Å². The Bertz CT molecular complexity index is 1590. The lowest BCUT2D eigenvalue weighted by Crippen LogP contribution is -2.39. The summed E-state index contributed by atoms with van der Waals surface area (Å²) in [4.78, 5) is 34.7. The number of aromatic amines is 1. The number of H-pyrrole nitrogens is 1. The van der Waals surface area contributed by atoms with Gasteiger partial charge >= 0.3 is 5.97 Å². The van der Waals surface area contributed by atoms with Gasteiger partial charge in [-0.15, -0.1) is 0 Å². The van der Waals surface area contributed by atoms with E-state index >= 15 is 0 Å². The van der Waals surface area contributed by atoms with Crippen molar-refractivity contribution in [2.75, 3.05) is 6.61 Å². The predicted octanol–water partition coefficient (Wildman–Crippen LogP) is 3.42. The van der Waals surface area contributed by atoms with Gasteiger partial charge in [-0.05, 0) is 43.7 Å². The molecule has 3 heterocycles. The zero-order valence-corrected chi connectivity index (χ0v) is 18.8. The molecule has 1 aliphatic rings. The van der Waals surface area contributed by atoms with Gasteiger partial charge in [-0.1, -0.05) is 41.7 Å². The number of carbonyl (C=O) groups is 1. The first-order valence-electron chi connectivity index (χ1n) is 10.5. The van der Waals surface area contributed by atoms with Crippen molar-refractivity contribution >= 4 is 34.3 Å². The van der Waals surface area contributed by atoms with Gasteiger partial charge in [0.15, 0.2) is 4.80 Å². The van der Waals surface area contributed by atoms with Crippen molar-refractivity contribution in [3.05, 3.63) is 103 Å². The van der Waals surface area contributed by atoms with Crippen LogP contribution in [0, 0.1) is 5.82 Å². The second-order valence-corrected chi connectivity index (χ2v) is 8.65. The number of nitrogens with one attached hydrogen (secondary N) is 1. The second-order valence-electron chi connectivity index (χ2n) is 7.64. The zero-order chi connectivity index (χ0) is 23.1. The number of esters is 1. The fourth-order valence-electron chi connectivity index (χ4n) is 4.11. The van der Waals surface area contributed by atoms with Crippen LogP contribution in [0.5, 0.6) is 0 Å². The third kappa shape index (κ3) is 3.62. The fraction of sp³-hybridized carbons (Fsp3) is 0.160. The second kappa shape index (κ2) is 8.29. The number of para-hydroxylation sites is 1. The number of fused-ring (bicyclic) bond motifs is 2. The largest absolute Gasteiger partial charge is 0.463 e. The van der Waals surface area contributed by atoms with Gasteiger partial charge in [0.05, 0.1) is 28.5 Å². The third-order valence-electron chi connectivity index (χ3n) is 5.61. The average molecular weight is 462 g/mol. The molecule has 0 amide bonds. The summed E-state index contributed by atoms with van der Waals surface area (Å²) in [6.07, 6.45) is 3.68. The highest BCUT2D eigenvalue weighted by atomic mass is 32.1. The first kappa shape index (κ1) is 21.1. The minimum atomic E-state index is -0.758. The molecule has 0 aliphatic carbocycles. The summed E-state index contributed by atoms with van der Waals surface area (Å²) in [6, 6.07) is 12.9. The number of halogens is 1. The normalized spacial score (nSPS) is 16.1. The molecule has 0 saturated carbocycles. The zero-order valence-electron chi connectivity index (χ0n) is 18.0. The number of ether oxygens (including phenoxy) is 1. The molecule has 0 bridgehead atoms. The number of hydrogen-bond acceptors (Lipinski definition) is 5. The highest BCUT2D eigenvalue weighted by Gasteiger charge is 2.33. The van der Waals surface area contributed by atoms with Crippen LogP contribution in [0.2, 0.25) is 0 Å². The van der Waals surface area contributed by atoms with Crippen LogP contribution in [-0.4, -0.2) is 22.1 Å². The van der Waals surface area contributed by atoms with Gasteiger partial charge in [0, 0.05) is 22.7 Å². The molecule has 0 radical (unpaired) electrons. The van der Waals surface area contributed by atoms with Gasteiger partial charge < -0.3 is 9.72 Å². The van der Waals surface area contributed by atoms with Gasteiger partial charge in [0.2, 0.25) is 0 Å². The summed E-state index contributed by atoms with van der Waals surface area (Å²) in [7, 11) is 0. The highest BCUT2D eigenvalue weighted by molar-refractivity contribution is 7.07. The van der Waals surface area contributed by atoms with Crippen molar-refractivity contribution in [2.45, 2.75) is 19.9 Å². The Labute approximate surface area is 192 Å². The van der Waals surface area contributed by atoms with Crippen molar-refractivity contribution in [3.8, 4) is 0 Å². The molecule has 166 valence electrons. The van der Waals surface area contributed by atoms with Gasteiger partial charge in [-0.2, -0.15) is 0 Å². The summed E-state index contributed by atoms with van der Waals surface area (Å²) in [5, 5.41) is 1.00. The van der Waals surface area contributed by atoms with Crippen molar-refractivity contribution < 1.29 is 13.9 Å². The van der Waals surface area contributed by atoms with Crippen molar-refractivity contribution in [1.82, 2.24) is 9.55 Å². The molecule has 2 aromatic carbocycles. The van der Waals surface area contributed by atoms with E-state index in [4.69, 9.17) is 4.74 Å². The lowest BCUT2D eigenvalue weighted by atomic mass is 9.96. The van der Waals surface area contributed by atoms with Crippen LogP contribution in [0.1, 0.15) is 31.0 Å². The van der Waals surface area contributed by atoms with Crippen LogP contribution >= 0.6 is 11.3 Å². The number of aromatic nitrogens is 2. The molecule has 6 nitrogen and oxygen atoms in total. The number of allylic oxidation sites excluding steroid dienone is 1. The maximum atomic E-state index is 13.6. The molecular formula is C25H20FN3O3S. The van der Waals surface area contributed by atoms with Gasteiger partial charge in [0.25, 0.3) is 5.56 Å². The first-order chi connectivity index (χ1) is 16.0. The quantitative estimate of drug-likeness (QED) is 0.473. The van der Waals surface area contributed by atoms with Crippen LogP contribution in [0.25, 0.3) is 17.0 Å². The standard InChI is InChI=1S/C25H20FN3O3S/c1-3-32-24(31)21-14(2)28-25-29(22(21)15-8-10-17(26)11-9-15)23(30)20(33-25)12-16-13-27-19-7-5-4-6-18(16)19/h4-13,22,27H,3H2,1-2H3/b20-12-. The summed E-state index contributed by atoms with van der Waals surface area (Å²) < 4.78 is 20.9. The summed E-state index contributed by atoms with van der Waals surface area (Å²) >= 11 is 1.26. The van der Waals surface area contributed by atoms with E-state index in [1.54, 1.807) is 26.0 Å². The number of carbonyl (C=O) groups excluding carboxylic acids is 1. The number of benzene rings is 2. The molecule has 4 aromatic rings. The van der Waals surface area contributed by atoms with Gasteiger partial charge in [-0.3, -0.25) is 9.36 Å². The fourth-order valence-corrected chi connectivity index (χ4v) is 5.14. The average Bonchev–Trinajstić information content (AvgIpc) is 3.35. The van der Waals surface area contributed by atoms with E-state index in [1.807, 2.05) is 36.5 Å². The highest BCUT2D eigenvalue weighted by Crippen LogP contribution is 2.30. The minimum absolute atomic E-state index is 0.191. The lowest BCUT2D eigenvalue weighted by Gasteiger charge is -2.24. The molecule has 5 rings (SSSR count). The maximum Gasteiger partial charge on any atom is 0.338 e. The third-order valence-corrected chi connectivity index (χ3v) is 6.59. The van der Waals surface area contributed by atoms with Gasteiger partial charge in [0.1, 0.15) is 5.82 Å². The lowest BCUT2D eigenvalue weighted by molar-refractivity contribution is -0.139. The Balaban J connectivity index is 1.74. The molecule has 1 unspecified atom stereocenters. The van der Waals surface area contributed by atoms with Crippen LogP contribution < -0.4 is 14.9 Å². The Hall–Kier alpha value is -3.78. The number of nitrogens with zero attached hydrogens (tertiary/aromatic N) is 2. The van der Waals surface area contributed by atoms with Crippen LogP contribution in [0.3, 0.4) is 0 Å². The van der Waals surface area contributed by atoms with Crippen molar-refractivity contribution in [1.29, 1.82) is 0 Å². The topological polar surface area (TPSA) is 76.4 Å². The molecular weight excluding hydrogens is 441 g/mol. The maximum absolute atomic E-state index is 13.6. The van der Waals surface area contributed by atoms with E-state index in [-0.39, 0.29) is 17.7 Å². The van der Waals surface area contributed by atoms with E-state index in [0.717, 1.165) is 16.5 Å². The smallest absolute Gasteiger partial charge is 0.338 e. The van der Waals surface area contributed by atoms with Crippen molar-refractivity contribution in [3.63, 3.8) is 0 Å². The molecule has 0 saturated heterocycles. The molecule has 1 atom stereocenters. The summed E-state index contributed by atoms with van der Waals surface area (Å²) in [6.45, 7) is 3.63. The predicted molar refractivity (Wildman–Crippen MR) is 125 cm³/mol. The van der Waals surface area contributed by atoms with Gasteiger partial charge in [-0.25, -0.2) is 14.2 Å². The van der Waals surface area contributed by atoms with E-state index in [9.17, 15) is 14.0 Å². The number of thiazole rings is 1. The van der Waals surface area contributed by atoms with Crippen LogP contribution in [0.4, 0.5) is 4.39 Å². The Morgan fingerprint density at radius 1 is 1.24 bits per heavy atom. The Kier molecular flexibility index (Phi) is 5.30. The van der Waals surface area contributed by atoms with Crippen molar-refractivity contribution in [2.24, 2.45) is 4.99 Å². The molecule has 33 heavy (non-hydrogen) atoms. The molecule has 8 heteroatoms. The number of rotatable bonds is 4. The minimum Gasteiger partial charge on any atom is -0.463 e. The monoisotopic (exact) mass is 461 g/mol. The molecule has 0 spiro atoms. The van der Waals surface area contributed by atoms with E-state index in [1.165, 1.54) is 28.0 Å². The Morgan fingerprint density at radius 2 is 2.00 bits per heavy atom. The number of hydrogen-bond donors (Lipinski definition) is 1. The van der Waals surface area contributed by atoms with Crippen LogP contribution in [0.15, 0.2) is 75.8 Å². The molecule has 0 fully saturated rings. The molecule has 1 aliphatic heterocycles. The van der Waals surface area contributed by atoms with E-state index in [2.05, 4.69) is 9.98 Å². The molecule has 2 aromatic heterocycles. The SMILES string of the molecule is CCOC(=O)C1=C(C)N=c2s/c(=C\c3c[nH]c4ccccc34)c(=O)n2C1c1ccc(F)cc1. The van der Waals surface area contributed by atoms with E-state index in [0.29, 0.717) is 20.6 Å². The first-order valence-corrected chi connectivity index (χ1v) is 11.3.